The molecule has 0 atom stereocenters. The Morgan fingerprint density at radius 1 is 0.826 bits per heavy atom. The van der Waals surface area contributed by atoms with E-state index in [4.69, 9.17) is 5.73 Å². The maximum Gasteiger partial charge on any atom is 0.417 e. The second-order valence-electron chi connectivity index (χ2n) is 5.00. The summed E-state index contributed by atoms with van der Waals surface area (Å²) in [6, 6.07) is 7.50. The van der Waals surface area contributed by atoms with Crippen LogP contribution in [0.15, 0.2) is 42.5 Å². The van der Waals surface area contributed by atoms with E-state index in [1.165, 1.54) is 18.2 Å². The maximum atomic E-state index is 13.1. The monoisotopic (exact) mass is 333 g/mol. The van der Waals surface area contributed by atoms with Crippen molar-refractivity contribution in [2.24, 2.45) is 5.73 Å². The minimum absolute atomic E-state index is 0.0989. The number of benzene rings is 2. The smallest absolute Gasteiger partial charge is 0.330 e. The second-order valence-corrected chi connectivity index (χ2v) is 5.00. The highest BCUT2D eigenvalue weighted by molar-refractivity contribution is 5.69. The summed E-state index contributed by atoms with van der Waals surface area (Å²) in [4.78, 5) is 0. The summed E-state index contributed by atoms with van der Waals surface area (Å²) in [7, 11) is 0. The fourth-order valence-corrected chi connectivity index (χ4v) is 2.30. The summed E-state index contributed by atoms with van der Waals surface area (Å²) < 4.78 is 78.2. The van der Waals surface area contributed by atoms with Gasteiger partial charge in [0.05, 0.1) is 11.1 Å². The van der Waals surface area contributed by atoms with E-state index in [1.54, 1.807) is 0 Å². The first kappa shape index (κ1) is 17.3. The molecule has 2 aromatic rings. The lowest BCUT2D eigenvalue weighted by atomic mass is 9.94. The van der Waals surface area contributed by atoms with Gasteiger partial charge in [0, 0.05) is 0 Å². The Kier molecular flexibility index (Phi) is 4.70. The molecule has 0 aliphatic carbocycles. The molecule has 0 heterocycles. The summed E-state index contributed by atoms with van der Waals surface area (Å²) in [6.07, 6.45) is -9.16. The summed E-state index contributed by atoms with van der Waals surface area (Å²) in [5.41, 5.74) is 3.21. The van der Waals surface area contributed by atoms with Gasteiger partial charge in [0.25, 0.3) is 0 Å². The van der Waals surface area contributed by atoms with Gasteiger partial charge in [0.1, 0.15) is 0 Å². The second kappa shape index (κ2) is 6.23. The molecule has 0 aromatic heterocycles. The van der Waals surface area contributed by atoms with E-state index in [1.807, 2.05) is 0 Å². The van der Waals surface area contributed by atoms with Crippen molar-refractivity contribution >= 4 is 0 Å². The highest BCUT2D eigenvalue weighted by Crippen LogP contribution is 2.39. The molecule has 0 radical (unpaired) electrons. The van der Waals surface area contributed by atoms with Gasteiger partial charge in [-0.2, -0.15) is 26.3 Å². The Balaban J connectivity index is 2.66. The van der Waals surface area contributed by atoms with Crippen LogP contribution in [0.25, 0.3) is 11.1 Å². The van der Waals surface area contributed by atoms with Crippen molar-refractivity contribution in [3.63, 3.8) is 0 Å². The van der Waals surface area contributed by atoms with Crippen LogP contribution < -0.4 is 5.73 Å². The van der Waals surface area contributed by atoms with Crippen LogP contribution in [0.1, 0.15) is 16.7 Å². The summed E-state index contributed by atoms with van der Waals surface area (Å²) in [5.74, 6) is 0. The molecule has 2 aromatic carbocycles. The zero-order valence-corrected chi connectivity index (χ0v) is 11.8. The lowest BCUT2D eigenvalue weighted by molar-refractivity contribution is -0.137. The van der Waals surface area contributed by atoms with E-state index < -0.39 is 23.5 Å². The van der Waals surface area contributed by atoms with Gasteiger partial charge in [0.15, 0.2) is 0 Å². The zero-order chi connectivity index (χ0) is 17.3. The van der Waals surface area contributed by atoms with E-state index in [9.17, 15) is 26.3 Å². The maximum absolute atomic E-state index is 13.1. The lowest BCUT2D eigenvalue weighted by Crippen LogP contribution is -2.10. The minimum Gasteiger partial charge on any atom is -0.330 e. The molecule has 0 unspecified atom stereocenters. The fraction of sp³-hybridized carbons (Fsp3) is 0.250. The summed E-state index contributed by atoms with van der Waals surface area (Å²) >= 11 is 0. The standard InChI is InChI=1S/C16H13F6N/c17-15(18,19)12-8-10(5-6-23)7-11(9-12)13-3-1-2-4-14(13)16(20,21)22/h1-4,7-9H,5-6,23H2. The fourth-order valence-electron chi connectivity index (χ4n) is 2.30. The minimum atomic E-state index is -4.65. The molecule has 0 aliphatic heterocycles. The first-order chi connectivity index (χ1) is 10.6. The molecule has 2 rings (SSSR count). The topological polar surface area (TPSA) is 26.0 Å². The van der Waals surface area contributed by atoms with Gasteiger partial charge in [-0.15, -0.1) is 0 Å². The molecule has 23 heavy (non-hydrogen) atoms. The normalized spacial score (nSPS) is 12.5. The first-order valence-corrected chi connectivity index (χ1v) is 6.71. The Labute approximate surface area is 128 Å². The number of alkyl halides is 6. The quantitative estimate of drug-likeness (QED) is 0.795. The molecule has 0 saturated heterocycles. The van der Waals surface area contributed by atoms with Crippen LogP contribution in [0.4, 0.5) is 26.3 Å². The largest absolute Gasteiger partial charge is 0.417 e. The average molecular weight is 333 g/mol. The van der Waals surface area contributed by atoms with Gasteiger partial charge in [-0.1, -0.05) is 24.3 Å². The van der Waals surface area contributed by atoms with Crippen LogP contribution in [0.2, 0.25) is 0 Å². The molecule has 0 fully saturated rings. The Bertz CT molecular complexity index is 688. The van der Waals surface area contributed by atoms with Gasteiger partial charge in [-0.05, 0) is 47.9 Å². The highest BCUT2D eigenvalue weighted by Gasteiger charge is 2.35. The molecule has 0 aliphatic rings. The van der Waals surface area contributed by atoms with Gasteiger partial charge in [-0.25, -0.2) is 0 Å². The van der Waals surface area contributed by atoms with Crippen LogP contribution in [-0.2, 0) is 18.8 Å². The SMILES string of the molecule is NCCc1cc(-c2ccccc2C(F)(F)F)cc(C(F)(F)F)c1. The third-order valence-electron chi connectivity index (χ3n) is 3.30. The van der Waals surface area contributed by atoms with Crippen molar-refractivity contribution < 1.29 is 26.3 Å². The zero-order valence-electron chi connectivity index (χ0n) is 11.8. The highest BCUT2D eigenvalue weighted by atomic mass is 19.4. The van der Waals surface area contributed by atoms with Crippen molar-refractivity contribution in [2.75, 3.05) is 6.54 Å². The van der Waals surface area contributed by atoms with Crippen molar-refractivity contribution in [1.82, 2.24) is 0 Å². The Hall–Kier alpha value is -2.02. The van der Waals surface area contributed by atoms with E-state index in [0.29, 0.717) is 0 Å². The molecule has 2 N–H and O–H groups in total. The third-order valence-corrected chi connectivity index (χ3v) is 3.30. The lowest BCUT2D eigenvalue weighted by Gasteiger charge is -2.16. The van der Waals surface area contributed by atoms with Crippen molar-refractivity contribution in [3.05, 3.63) is 59.2 Å². The van der Waals surface area contributed by atoms with Gasteiger partial charge in [-0.3, -0.25) is 0 Å². The van der Waals surface area contributed by atoms with Crippen LogP contribution in [0, 0.1) is 0 Å². The van der Waals surface area contributed by atoms with Crippen LogP contribution in [0.3, 0.4) is 0 Å². The van der Waals surface area contributed by atoms with Gasteiger partial charge >= 0.3 is 12.4 Å². The third kappa shape index (κ3) is 4.04. The molecular formula is C16H13F6N. The Morgan fingerprint density at radius 3 is 2.04 bits per heavy atom. The van der Waals surface area contributed by atoms with Crippen LogP contribution in [-0.4, -0.2) is 6.54 Å². The number of rotatable bonds is 3. The predicted octanol–water partition coefficient (Wildman–Crippen LogP) is 4.89. The average Bonchev–Trinajstić information content (AvgIpc) is 2.45. The van der Waals surface area contributed by atoms with Gasteiger partial charge in [0.2, 0.25) is 0 Å². The number of halogens is 6. The van der Waals surface area contributed by atoms with E-state index >= 15 is 0 Å². The van der Waals surface area contributed by atoms with Crippen molar-refractivity contribution in [1.29, 1.82) is 0 Å². The number of hydrogen-bond acceptors (Lipinski definition) is 1. The molecule has 0 saturated carbocycles. The summed E-state index contributed by atoms with van der Waals surface area (Å²) in [6.45, 7) is 0.0989. The van der Waals surface area contributed by atoms with E-state index in [-0.39, 0.29) is 29.7 Å². The molecule has 0 amide bonds. The Morgan fingerprint density at radius 2 is 1.48 bits per heavy atom. The van der Waals surface area contributed by atoms with Crippen molar-refractivity contribution in [2.45, 2.75) is 18.8 Å². The first-order valence-electron chi connectivity index (χ1n) is 6.71. The summed E-state index contributed by atoms with van der Waals surface area (Å²) in [5, 5.41) is 0. The molecule has 1 nitrogen and oxygen atoms in total. The van der Waals surface area contributed by atoms with Crippen LogP contribution >= 0.6 is 0 Å². The van der Waals surface area contributed by atoms with E-state index in [0.717, 1.165) is 24.3 Å². The molecule has 124 valence electrons. The molecule has 0 spiro atoms. The predicted molar refractivity (Wildman–Crippen MR) is 74.6 cm³/mol. The molecular weight excluding hydrogens is 320 g/mol. The molecule has 0 bridgehead atoms. The number of nitrogens with two attached hydrogens (primary N) is 1. The van der Waals surface area contributed by atoms with Crippen molar-refractivity contribution in [3.8, 4) is 11.1 Å². The molecule has 7 heteroatoms. The van der Waals surface area contributed by atoms with Gasteiger partial charge < -0.3 is 5.73 Å². The van der Waals surface area contributed by atoms with Crippen LogP contribution in [0.5, 0.6) is 0 Å². The number of hydrogen-bond donors (Lipinski definition) is 1. The van der Waals surface area contributed by atoms with E-state index in [2.05, 4.69) is 0 Å².